The van der Waals surface area contributed by atoms with Crippen molar-refractivity contribution in [2.75, 3.05) is 0 Å². The molecule has 1 unspecified atom stereocenters. The molecule has 0 aromatic heterocycles. The summed E-state index contributed by atoms with van der Waals surface area (Å²) in [5, 5.41) is 0. The lowest BCUT2D eigenvalue weighted by Crippen LogP contribution is -2.28. The molecule has 4 heteroatoms. The maximum absolute atomic E-state index is 13.0. The molecule has 4 nitrogen and oxygen atoms in total. The number of esters is 2. The van der Waals surface area contributed by atoms with Crippen molar-refractivity contribution in [3.8, 4) is 0 Å². The first-order valence-corrected chi connectivity index (χ1v) is 17.3. The Morgan fingerprint density at radius 3 is 1.45 bits per heavy atom. The molecular formula is C40H62O4. The highest BCUT2D eigenvalue weighted by molar-refractivity contribution is 6.04. The molecule has 0 saturated heterocycles. The SMILES string of the molecule is C=C(C)C(=O)OC(=O)C(CCCCCC/C=C\C/C=C\C/C=C\CC)C(=O)CCCCCCC/C=C\C/C=C\C/C=C\CC. The molecule has 0 heterocycles. The molecule has 0 aromatic rings. The van der Waals surface area contributed by atoms with Gasteiger partial charge in [0.1, 0.15) is 11.7 Å². The summed E-state index contributed by atoms with van der Waals surface area (Å²) in [6.45, 7) is 9.33. The molecule has 0 aliphatic heterocycles. The first-order valence-electron chi connectivity index (χ1n) is 17.3. The number of ketones is 1. The van der Waals surface area contributed by atoms with Gasteiger partial charge in [0.2, 0.25) is 0 Å². The van der Waals surface area contributed by atoms with Crippen molar-refractivity contribution in [3.63, 3.8) is 0 Å². The first kappa shape index (κ1) is 41.0. The summed E-state index contributed by atoms with van der Waals surface area (Å²) in [6, 6.07) is 0. The van der Waals surface area contributed by atoms with E-state index in [1.54, 1.807) is 0 Å². The summed E-state index contributed by atoms with van der Waals surface area (Å²) >= 11 is 0. The molecule has 1 atom stereocenters. The summed E-state index contributed by atoms with van der Waals surface area (Å²) in [5.41, 5.74) is 0.160. The minimum absolute atomic E-state index is 0.105. The maximum atomic E-state index is 13.0. The fourth-order valence-corrected chi connectivity index (χ4v) is 4.54. The number of hydrogen-bond donors (Lipinski definition) is 0. The van der Waals surface area contributed by atoms with Gasteiger partial charge in [-0.2, -0.15) is 0 Å². The van der Waals surface area contributed by atoms with E-state index in [1.165, 1.54) is 6.92 Å². The van der Waals surface area contributed by atoms with Crippen LogP contribution >= 0.6 is 0 Å². The van der Waals surface area contributed by atoms with E-state index in [0.29, 0.717) is 12.8 Å². The van der Waals surface area contributed by atoms with Gasteiger partial charge in [-0.1, -0.05) is 132 Å². The van der Waals surface area contributed by atoms with E-state index in [0.717, 1.165) is 109 Å². The molecule has 246 valence electrons. The van der Waals surface area contributed by atoms with Crippen LogP contribution in [-0.2, 0) is 19.1 Å². The highest BCUT2D eigenvalue weighted by atomic mass is 16.6. The molecule has 0 aliphatic carbocycles. The van der Waals surface area contributed by atoms with Crippen LogP contribution in [0.2, 0.25) is 0 Å². The van der Waals surface area contributed by atoms with Crippen molar-refractivity contribution in [2.24, 2.45) is 5.92 Å². The molecule has 0 saturated carbocycles. The predicted octanol–water partition coefficient (Wildman–Crippen LogP) is 11.6. The Hall–Kier alpha value is -3.01. The van der Waals surface area contributed by atoms with Gasteiger partial charge in [0.15, 0.2) is 0 Å². The Balaban J connectivity index is 4.28. The first-order chi connectivity index (χ1) is 21.4. The van der Waals surface area contributed by atoms with Crippen molar-refractivity contribution < 1.29 is 19.1 Å². The molecule has 0 spiro atoms. The van der Waals surface area contributed by atoms with E-state index >= 15 is 0 Å². The Kier molecular flexibility index (Phi) is 29.3. The third-order valence-electron chi connectivity index (χ3n) is 7.18. The molecule has 0 aliphatic rings. The van der Waals surface area contributed by atoms with Crippen molar-refractivity contribution >= 4 is 17.7 Å². The number of ether oxygens (including phenoxy) is 1. The molecule has 0 N–H and O–H groups in total. The van der Waals surface area contributed by atoms with Crippen molar-refractivity contribution in [1.29, 1.82) is 0 Å². The topological polar surface area (TPSA) is 60.4 Å². The number of hydrogen-bond acceptors (Lipinski definition) is 4. The van der Waals surface area contributed by atoms with E-state index in [2.05, 4.69) is 93.3 Å². The predicted molar refractivity (Wildman–Crippen MR) is 188 cm³/mol. The second-order valence-corrected chi connectivity index (χ2v) is 11.4. The lowest BCUT2D eigenvalue weighted by molar-refractivity contribution is -0.161. The van der Waals surface area contributed by atoms with E-state index < -0.39 is 17.9 Å². The number of carbonyl (C=O) groups excluding carboxylic acids is 3. The number of carbonyl (C=O) groups is 3. The fraction of sp³-hybridized carbons (Fsp3) is 0.575. The monoisotopic (exact) mass is 606 g/mol. The molecule has 0 bridgehead atoms. The largest absolute Gasteiger partial charge is 0.389 e. The number of rotatable bonds is 28. The average Bonchev–Trinajstić information content (AvgIpc) is 3.00. The normalized spacial score (nSPS) is 13.0. The fourth-order valence-electron chi connectivity index (χ4n) is 4.54. The van der Waals surface area contributed by atoms with Crippen LogP contribution in [0.15, 0.2) is 85.1 Å². The number of unbranched alkanes of at least 4 members (excludes halogenated alkanes) is 9. The van der Waals surface area contributed by atoms with E-state index in [9.17, 15) is 14.4 Å². The van der Waals surface area contributed by atoms with Crippen molar-refractivity contribution in [1.82, 2.24) is 0 Å². The van der Waals surface area contributed by atoms with Crippen molar-refractivity contribution in [2.45, 2.75) is 143 Å². The van der Waals surface area contributed by atoms with Crippen LogP contribution in [0, 0.1) is 5.92 Å². The quantitative estimate of drug-likeness (QED) is 0.0292. The molecule has 0 aromatic carbocycles. The third-order valence-corrected chi connectivity index (χ3v) is 7.18. The lowest BCUT2D eigenvalue weighted by atomic mass is 9.93. The zero-order valence-corrected chi connectivity index (χ0v) is 28.3. The van der Waals surface area contributed by atoms with Crippen LogP contribution < -0.4 is 0 Å². The Labute approximate surface area is 270 Å². The molecular weight excluding hydrogens is 544 g/mol. The highest BCUT2D eigenvalue weighted by Crippen LogP contribution is 2.19. The minimum Gasteiger partial charge on any atom is -0.389 e. The molecule has 44 heavy (non-hydrogen) atoms. The average molecular weight is 607 g/mol. The Bertz CT molecular complexity index is 944. The third kappa shape index (κ3) is 26.6. The maximum Gasteiger partial charge on any atom is 0.340 e. The van der Waals surface area contributed by atoms with E-state index in [-0.39, 0.29) is 11.4 Å². The smallest absolute Gasteiger partial charge is 0.340 e. The summed E-state index contributed by atoms with van der Waals surface area (Å²) in [5.74, 6) is -2.44. The summed E-state index contributed by atoms with van der Waals surface area (Å²) < 4.78 is 4.96. The van der Waals surface area contributed by atoms with Gasteiger partial charge >= 0.3 is 11.9 Å². The summed E-state index contributed by atoms with van der Waals surface area (Å²) in [7, 11) is 0. The van der Waals surface area contributed by atoms with Crippen LogP contribution in [0.1, 0.15) is 143 Å². The minimum atomic E-state index is -0.862. The van der Waals surface area contributed by atoms with Gasteiger partial charge in [0.05, 0.1) is 0 Å². The van der Waals surface area contributed by atoms with Crippen molar-refractivity contribution in [3.05, 3.63) is 85.1 Å². The van der Waals surface area contributed by atoms with E-state index in [1.807, 2.05) is 0 Å². The van der Waals surface area contributed by atoms with Crippen LogP contribution in [0.4, 0.5) is 0 Å². The zero-order valence-electron chi connectivity index (χ0n) is 28.3. The van der Waals surface area contributed by atoms with Crippen LogP contribution in [0.5, 0.6) is 0 Å². The van der Waals surface area contributed by atoms with Crippen LogP contribution in [0.25, 0.3) is 0 Å². The van der Waals surface area contributed by atoms with Gasteiger partial charge in [-0.25, -0.2) is 4.79 Å². The highest BCUT2D eigenvalue weighted by Gasteiger charge is 2.29. The van der Waals surface area contributed by atoms with Gasteiger partial charge < -0.3 is 4.74 Å². The van der Waals surface area contributed by atoms with Gasteiger partial charge in [-0.3, -0.25) is 9.59 Å². The molecule has 0 rings (SSSR count). The number of Topliss-reactive ketones (excluding diaryl/α,β-unsaturated/α-hetero) is 1. The van der Waals surface area contributed by atoms with Gasteiger partial charge in [-0.05, 0) is 84.0 Å². The Morgan fingerprint density at radius 2 is 0.977 bits per heavy atom. The number of allylic oxidation sites excluding steroid dienone is 12. The second-order valence-electron chi connectivity index (χ2n) is 11.4. The Morgan fingerprint density at radius 1 is 0.568 bits per heavy atom. The standard InChI is InChI=1S/C40H62O4/c1-5-7-9-11-13-15-17-19-21-23-25-27-29-31-33-35-38(41)37(40(43)44-39(42)36(3)4)34-32-30-28-26-24-22-20-18-16-14-12-10-8-6-2/h7-10,13-16,19-22,37H,3,5-6,11-12,17-18,23-35H2,1-2,4H3/b9-7-,10-8-,15-13-,16-14-,21-19-,22-20-. The van der Waals surface area contributed by atoms with Gasteiger partial charge in [0, 0.05) is 12.0 Å². The molecule has 0 radical (unpaired) electrons. The molecule has 0 amide bonds. The summed E-state index contributed by atoms with van der Waals surface area (Å²) in [6.07, 6.45) is 44.4. The van der Waals surface area contributed by atoms with Gasteiger partial charge in [-0.15, -0.1) is 0 Å². The van der Waals surface area contributed by atoms with Crippen LogP contribution in [0.3, 0.4) is 0 Å². The zero-order chi connectivity index (χ0) is 32.5. The van der Waals surface area contributed by atoms with E-state index in [4.69, 9.17) is 4.74 Å². The van der Waals surface area contributed by atoms with Gasteiger partial charge in [0.25, 0.3) is 0 Å². The summed E-state index contributed by atoms with van der Waals surface area (Å²) in [4.78, 5) is 37.6. The lowest BCUT2D eigenvalue weighted by Gasteiger charge is -2.14. The molecule has 0 fully saturated rings. The second kappa shape index (κ2) is 31.4. The van der Waals surface area contributed by atoms with Crippen LogP contribution in [-0.4, -0.2) is 17.7 Å².